The molecule has 11 heteroatoms. The van der Waals surface area contributed by atoms with E-state index in [1.54, 1.807) is 34.2 Å². The zero-order chi connectivity index (χ0) is 43.3. The van der Waals surface area contributed by atoms with Gasteiger partial charge >= 0.3 is 11.9 Å². The van der Waals surface area contributed by atoms with Gasteiger partial charge in [0.25, 0.3) is 5.91 Å². The van der Waals surface area contributed by atoms with Gasteiger partial charge in [0.15, 0.2) is 17.7 Å². The number of fused-ring (bicyclic) bond motifs is 7. The highest BCUT2D eigenvalue weighted by Gasteiger charge is 2.82. The van der Waals surface area contributed by atoms with Crippen LogP contribution >= 0.6 is 0 Å². The molecule has 0 aliphatic carbocycles. The molecule has 0 radical (unpaired) electrons. The van der Waals surface area contributed by atoms with E-state index in [2.05, 4.69) is 11.9 Å². The highest BCUT2D eigenvalue weighted by molar-refractivity contribution is 6.18. The molecule has 4 aliphatic heterocycles. The Balaban J connectivity index is 1.18. The standard InChI is InChI=1S/C52H42N4O7/c1-2-39-32-51(49(60)62-44(35-22-10-4-11-23-35)36-24-12-5-13-25-36,50(61)63-45(37-26-14-6-15-27-37)38-28-16-7-17-29-38)56-43-42(46(57)53-47(43)58)52(55(39)56)40-30-18-19-31-41(40)54(48(52)59)33-34-20-8-3-9-21-34/h2-31,39,42-45H,1,32-33H2,(H,53,57,58)/t39-,42-,43+,52+/m1/s1. The van der Waals surface area contributed by atoms with Crippen LogP contribution in [-0.2, 0) is 45.5 Å². The Hall–Kier alpha value is -7.47. The Kier molecular flexibility index (Phi) is 9.93. The number of carbonyl (C=O) groups is 5. The summed E-state index contributed by atoms with van der Waals surface area (Å²) in [6.45, 7) is 4.32. The summed E-state index contributed by atoms with van der Waals surface area (Å²) in [7, 11) is 0. The fraction of sp³-hybridized carbons (Fsp3) is 0.173. The van der Waals surface area contributed by atoms with Crippen LogP contribution in [0.2, 0.25) is 0 Å². The minimum absolute atomic E-state index is 0.152. The van der Waals surface area contributed by atoms with E-state index in [0.29, 0.717) is 33.5 Å². The summed E-state index contributed by atoms with van der Waals surface area (Å²) in [4.78, 5) is 78.2. The molecule has 4 aliphatic rings. The number of hydrogen-bond acceptors (Lipinski definition) is 9. The normalized spacial score (nSPS) is 22.2. The summed E-state index contributed by atoms with van der Waals surface area (Å²) in [5, 5.41) is 5.43. The number of amides is 3. The monoisotopic (exact) mass is 834 g/mol. The van der Waals surface area contributed by atoms with Crippen molar-refractivity contribution >= 4 is 35.3 Å². The maximum atomic E-state index is 15.9. The van der Waals surface area contributed by atoms with Crippen molar-refractivity contribution in [1.82, 2.24) is 15.3 Å². The molecule has 1 spiro atoms. The van der Waals surface area contributed by atoms with Gasteiger partial charge in [-0.3, -0.25) is 19.7 Å². The number of nitrogens with one attached hydrogen (secondary N) is 1. The van der Waals surface area contributed by atoms with Crippen molar-refractivity contribution < 1.29 is 33.4 Å². The quantitative estimate of drug-likeness (QED) is 0.0638. The van der Waals surface area contributed by atoms with Gasteiger partial charge in [-0.25, -0.2) is 14.6 Å². The first kappa shape index (κ1) is 39.7. The molecule has 6 aromatic carbocycles. The van der Waals surface area contributed by atoms with Crippen molar-refractivity contribution in [2.24, 2.45) is 5.92 Å². The number of anilines is 1. The summed E-state index contributed by atoms with van der Waals surface area (Å²) in [6, 6.07) is 50.7. The minimum Gasteiger partial charge on any atom is -0.451 e. The maximum absolute atomic E-state index is 15.9. The molecule has 4 heterocycles. The molecular weight excluding hydrogens is 793 g/mol. The first-order chi connectivity index (χ1) is 30.8. The molecule has 0 aromatic heterocycles. The maximum Gasteiger partial charge on any atom is 0.340 e. The first-order valence-electron chi connectivity index (χ1n) is 20.9. The number of benzene rings is 6. The topological polar surface area (TPSA) is 126 Å². The lowest BCUT2D eigenvalue weighted by molar-refractivity contribution is -0.191. The van der Waals surface area contributed by atoms with Gasteiger partial charge in [-0.1, -0.05) is 176 Å². The van der Waals surface area contributed by atoms with Crippen LogP contribution in [0.5, 0.6) is 0 Å². The molecule has 0 saturated carbocycles. The second-order valence-electron chi connectivity index (χ2n) is 16.2. The van der Waals surface area contributed by atoms with E-state index in [1.807, 2.05) is 158 Å². The Labute approximate surface area is 364 Å². The van der Waals surface area contributed by atoms with Crippen molar-refractivity contribution in [3.8, 4) is 0 Å². The summed E-state index contributed by atoms with van der Waals surface area (Å²) < 4.78 is 13.3. The van der Waals surface area contributed by atoms with Crippen LogP contribution < -0.4 is 10.2 Å². The number of imide groups is 1. The molecule has 6 aromatic rings. The highest BCUT2D eigenvalue weighted by Crippen LogP contribution is 2.62. The number of hydrazine groups is 1. The zero-order valence-electron chi connectivity index (χ0n) is 34.0. The number of hydrogen-bond donors (Lipinski definition) is 1. The van der Waals surface area contributed by atoms with Gasteiger partial charge in [-0.05, 0) is 33.9 Å². The van der Waals surface area contributed by atoms with E-state index < -0.39 is 70.9 Å². The molecule has 63 heavy (non-hydrogen) atoms. The van der Waals surface area contributed by atoms with Crippen LogP contribution in [0.1, 0.15) is 52.0 Å². The first-order valence-corrected chi connectivity index (χ1v) is 20.9. The number of para-hydroxylation sites is 1. The average molecular weight is 835 g/mol. The number of carbonyl (C=O) groups excluding carboxylic acids is 5. The summed E-state index contributed by atoms with van der Waals surface area (Å²) in [5.41, 5.74) is -0.0118. The van der Waals surface area contributed by atoms with E-state index in [9.17, 15) is 9.59 Å². The Morgan fingerprint density at radius 1 is 0.619 bits per heavy atom. The van der Waals surface area contributed by atoms with Crippen molar-refractivity contribution in [1.29, 1.82) is 0 Å². The zero-order valence-corrected chi connectivity index (χ0v) is 34.0. The number of nitrogens with zero attached hydrogens (tertiary/aromatic N) is 3. The van der Waals surface area contributed by atoms with Crippen LogP contribution in [0.4, 0.5) is 5.69 Å². The predicted molar refractivity (Wildman–Crippen MR) is 233 cm³/mol. The van der Waals surface area contributed by atoms with Crippen LogP contribution in [0.3, 0.4) is 0 Å². The van der Waals surface area contributed by atoms with E-state index in [4.69, 9.17) is 9.47 Å². The van der Waals surface area contributed by atoms with Crippen LogP contribution in [0.25, 0.3) is 0 Å². The SMILES string of the molecule is C=C[C@@H]1CC(C(=O)OC(c2ccccc2)c2ccccc2)(C(=O)OC(c2ccccc2)c2ccccc2)N2[C@@H]3C(=O)NC(=O)[C@@H]3[C@@]3(C(=O)N(Cc4ccccc4)c4ccccc43)N12. The number of esters is 2. The lowest BCUT2D eigenvalue weighted by atomic mass is 9.75. The lowest BCUT2D eigenvalue weighted by Gasteiger charge is -2.41. The highest BCUT2D eigenvalue weighted by atomic mass is 16.6. The van der Waals surface area contributed by atoms with Crippen molar-refractivity contribution in [3.63, 3.8) is 0 Å². The lowest BCUT2D eigenvalue weighted by Crippen LogP contribution is -2.64. The van der Waals surface area contributed by atoms with Gasteiger partial charge in [-0.2, -0.15) is 5.01 Å². The molecular formula is C52H42N4O7. The molecule has 3 amide bonds. The van der Waals surface area contributed by atoms with Gasteiger partial charge in [0.2, 0.25) is 17.4 Å². The molecule has 312 valence electrons. The summed E-state index contributed by atoms with van der Waals surface area (Å²) >= 11 is 0. The second-order valence-corrected chi connectivity index (χ2v) is 16.2. The number of ether oxygens (including phenoxy) is 2. The van der Waals surface area contributed by atoms with Gasteiger partial charge in [-0.15, -0.1) is 6.58 Å². The van der Waals surface area contributed by atoms with Crippen molar-refractivity contribution in [2.75, 3.05) is 4.90 Å². The van der Waals surface area contributed by atoms with Gasteiger partial charge < -0.3 is 14.4 Å². The molecule has 11 nitrogen and oxygen atoms in total. The van der Waals surface area contributed by atoms with Crippen LogP contribution in [0.15, 0.2) is 189 Å². The molecule has 3 saturated heterocycles. The van der Waals surface area contributed by atoms with E-state index in [1.165, 1.54) is 5.01 Å². The van der Waals surface area contributed by atoms with E-state index in [0.717, 1.165) is 5.56 Å². The van der Waals surface area contributed by atoms with Gasteiger partial charge in [0.05, 0.1) is 12.5 Å². The van der Waals surface area contributed by atoms with E-state index in [-0.39, 0.29) is 13.0 Å². The molecule has 0 bridgehead atoms. The van der Waals surface area contributed by atoms with E-state index >= 15 is 14.4 Å². The van der Waals surface area contributed by atoms with Crippen molar-refractivity contribution in [2.45, 2.75) is 48.3 Å². The van der Waals surface area contributed by atoms with Gasteiger partial charge in [0, 0.05) is 23.7 Å². The van der Waals surface area contributed by atoms with Crippen LogP contribution in [-0.4, -0.2) is 57.3 Å². The largest absolute Gasteiger partial charge is 0.451 e. The second kappa shape index (κ2) is 15.8. The molecule has 3 fully saturated rings. The molecule has 1 N–H and O–H groups in total. The molecule has 0 unspecified atom stereocenters. The molecule has 10 rings (SSSR count). The minimum atomic E-state index is -2.45. The Morgan fingerprint density at radius 3 is 1.54 bits per heavy atom. The third kappa shape index (κ3) is 6.14. The Bertz CT molecular complexity index is 2560. The van der Waals surface area contributed by atoms with Crippen molar-refractivity contribution in [3.05, 3.63) is 222 Å². The average Bonchev–Trinajstić information content (AvgIpc) is 4.02. The Morgan fingerprint density at radius 2 is 1.06 bits per heavy atom. The van der Waals surface area contributed by atoms with Crippen LogP contribution in [0, 0.1) is 5.92 Å². The fourth-order valence-electron chi connectivity index (χ4n) is 10.1. The number of rotatable bonds is 11. The third-order valence-electron chi connectivity index (χ3n) is 12.8. The predicted octanol–water partition coefficient (Wildman–Crippen LogP) is 6.97. The van der Waals surface area contributed by atoms with Gasteiger partial charge in [0.1, 0.15) is 6.04 Å². The smallest absolute Gasteiger partial charge is 0.340 e. The third-order valence-corrected chi connectivity index (χ3v) is 12.8. The summed E-state index contributed by atoms with van der Waals surface area (Å²) in [6.07, 6.45) is -0.808. The summed E-state index contributed by atoms with van der Waals surface area (Å²) in [5.74, 6) is -5.42. The molecule has 4 atom stereocenters. The fourth-order valence-corrected chi connectivity index (χ4v) is 10.1.